The standard InChI is InChI=1S/C12H16N4O4S/c13-14-9-2-4-11(16(17)18)12(6-9)21(19,20)15-7-8-1-3-10(15)5-8/h2,4,6,8,10,14H,1,3,5,7,13H2. The van der Waals surface area contributed by atoms with Crippen LogP contribution in [0.5, 0.6) is 0 Å². The minimum absolute atomic E-state index is 0.0332. The first-order valence-electron chi connectivity index (χ1n) is 6.70. The monoisotopic (exact) mass is 312 g/mol. The van der Waals surface area contributed by atoms with Gasteiger partial charge in [0.15, 0.2) is 4.90 Å². The number of fused-ring (bicyclic) bond motifs is 2. The van der Waals surface area contributed by atoms with Crippen LogP contribution in [0, 0.1) is 16.0 Å². The summed E-state index contributed by atoms with van der Waals surface area (Å²) >= 11 is 0. The molecule has 0 radical (unpaired) electrons. The van der Waals surface area contributed by atoms with Crippen LogP contribution < -0.4 is 11.3 Å². The zero-order valence-corrected chi connectivity index (χ0v) is 12.0. The van der Waals surface area contributed by atoms with Crippen molar-refractivity contribution in [3.05, 3.63) is 28.3 Å². The highest BCUT2D eigenvalue weighted by atomic mass is 32.2. The molecule has 0 amide bonds. The third kappa shape index (κ3) is 2.27. The molecule has 0 spiro atoms. The number of hydrogen-bond acceptors (Lipinski definition) is 6. The molecule has 1 aromatic rings. The molecule has 3 rings (SSSR count). The summed E-state index contributed by atoms with van der Waals surface area (Å²) in [6, 6.07) is 3.73. The maximum absolute atomic E-state index is 12.8. The molecule has 8 nitrogen and oxygen atoms in total. The second-order valence-corrected chi connectivity index (χ2v) is 7.35. The molecule has 2 aliphatic rings. The van der Waals surface area contributed by atoms with Gasteiger partial charge in [-0.25, -0.2) is 8.42 Å². The van der Waals surface area contributed by atoms with Crippen molar-refractivity contribution in [2.45, 2.75) is 30.2 Å². The third-order valence-corrected chi connectivity index (χ3v) is 6.22. The highest BCUT2D eigenvalue weighted by molar-refractivity contribution is 7.89. The molecule has 2 unspecified atom stereocenters. The summed E-state index contributed by atoms with van der Waals surface area (Å²) in [4.78, 5) is 10.1. The quantitative estimate of drug-likeness (QED) is 0.487. The lowest BCUT2D eigenvalue weighted by molar-refractivity contribution is -0.387. The molecule has 2 fully saturated rings. The van der Waals surface area contributed by atoms with Gasteiger partial charge in [0, 0.05) is 18.7 Å². The van der Waals surface area contributed by atoms with Crippen LogP contribution in [-0.2, 0) is 10.0 Å². The van der Waals surface area contributed by atoms with Crippen LogP contribution in [0.3, 0.4) is 0 Å². The fourth-order valence-corrected chi connectivity index (χ4v) is 5.19. The van der Waals surface area contributed by atoms with Gasteiger partial charge >= 0.3 is 0 Å². The highest BCUT2D eigenvalue weighted by Crippen LogP contribution is 2.42. The summed E-state index contributed by atoms with van der Waals surface area (Å²) in [6.07, 6.45) is 2.71. The molecule has 1 aliphatic heterocycles. The Balaban J connectivity index is 2.07. The Kier molecular flexibility index (Phi) is 3.34. The zero-order chi connectivity index (χ0) is 15.2. The fourth-order valence-electron chi connectivity index (χ4n) is 3.26. The van der Waals surface area contributed by atoms with Crippen molar-refractivity contribution in [1.82, 2.24) is 4.31 Å². The van der Waals surface area contributed by atoms with Gasteiger partial charge < -0.3 is 5.43 Å². The number of sulfonamides is 1. The van der Waals surface area contributed by atoms with Gasteiger partial charge in [-0.3, -0.25) is 16.0 Å². The van der Waals surface area contributed by atoms with Crippen LogP contribution >= 0.6 is 0 Å². The van der Waals surface area contributed by atoms with Gasteiger partial charge in [0.1, 0.15) is 0 Å². The van der Waals surface area contributed by atoms with Crippen LogP contribution in [-0.4, -0.2) is 30.2 Å². The van der Waals surface area contributed by atoms with E-state index in [0.717, 1.165) is 25.3 Å². The molecule has 21 heavy (non-hydrogen) atoms. The largest absolute Gasteiger partial charge is 0.324 e. The van der Waals surface area contributed by atoms with E-state index in [2.05, 4.69) is 5.43 Å². The molecular formula is C12H16N4O4S. The average molecular weight is 312 g/mol. The van der Waals surface area contributed by atoms with E-state index >= 15 is 0 Å². The normalized spacial score (nSPS) is 25.2. The molecule has 9 heteroatoms. The summed E-state index contributed by atoms with van der Waals surface area (Å²) in [7, 11) is -3.88. The van der Waals surface area contributed by atoms with Gasteiger partial charge in [-0.2, -0.15) is 4.31 Å². The van der Waals surface area contributed by atoms with Crippen LogP contribution in [0.15, 0.2) is 23.1 Å². The van der Waals surface area contributed by atoms with E-state index in [1.807, 2.05) is 0 Å². The van der Waals surface area contributed by atoms with E-state index in [0.29, 0.717) is 18.2 Å². The summed E-state index contributed by atoms with van der Waals surface area (Å²) < 4.78 is 26.9. The number of nitrogens with one attached hydrogen (secondary N) is 1. The van der Waals surface area contributed by atoms with E-state index in [1.54, 1.807) is 0 Å². The van der Waals surface area contributed by atoms with E-state index in [9.17, 15) is 18.5 Å². The maximum Gasteiger partial charge on any atom is 0.289 e. The number of nitrogens with zero attached hydrogens (tertiary/aromatic N) is 2. The van der Waals surface area contributed by atoms with Crippen molar-refractivity contribution in [2.24, 2.45) is 11.8 Å². The van der Waals surface area contributed by atoms with Gasteiger partial charge in [0.25, 0.3) is 5.69 Å². The number of benzene rings is 1. The predicted octanol–water partition coefficient (Wildman–Crippen LogP) is 1.05. The topological polar surface area (TPSA) is 119 Å². The van der Waals surface area contributed by atoms with Crippen molar-refractivity contribution < 1.29 is 13.3 Å². The van der Waals surface area contributed by atoms with E-state index in [1.165, 1.54) is 16.4 Å². The number of piperidine rings is 1. The number of nitrogens with two attached hydrogens (primary N) is 1. The van der Waals surface area contributed by atoms with Crippen LogP contribution in [0.25, 0.3) is 0 Å². The Morgan fingerprint density at radius 3 is 2.67 bits per heavy atom. The second kappa shape index (κ2) is 4.93. The van der Waals surface area contributed by atoms with Crippen molar-refractivity contribution in [3.8, 4) is 0 Å². The number of hydrazine groups is 1. The second-order valence-electron chi connectivity index (χ2n) is 5.49. The summed E-state index contributed by atoms with van der Waals surface area (Å²) in [5, 5.41) is 11.1. The third-order valence-electron chi connectivity index (χ3n) is 4.27. The smallest absolute Gasteiger partial charge is 0.289 e. The Bertz CT molecular complexity index is 690. The van der Waals surface area contributed by atoms with E-state index < -0.39 is 20.6 Å². The summed E-state index contributed by atoms with van der Waals surface area (Å²) in [5.41, 5.74) is 2.23. The van der Waals surface area contributed by atoms with Gasteiger partial charge in [0.05, 0.1) is 10.6 Å². The number of anilines is 1. The Morgan fingerprint density at radius 1 is 1.38 bits per heavy atom. The summed E-state index contributed by atoms with van der Waals surface area (Å²) in [5.74, 6) is 5.65. The number of nitrogen functional groups attached to an aromatic ring is 1. The Morgan fingerprint density at radius 2 is 2.14 bits per heavy atom. The number of nitro groups is 1. The molecule has 1 heterocycles. The number of hydrogen-bond donors (Lipinski definition) is 2. The molecule has 114 valence electrons. The number of rotatable bonds is 4. The minimum Gasteiger partial charge on any atom is -0.324 e. The fraction of sp³-hybridized carbons (Fsp3) is 0.500. The van der Waals surface area contributed by atoms with Crippen molar-refractivity contribution in [3.63, 3.8) is 0 Å². The Hall–Kier alpha value is -1.71. The van der Waals surface area contributed by atoms with Gasteiger partial charge in [-0.1, -0.05) is 0 Å². The van der Waals surface area contributed by atoms with Crippen LogP contribution in [0.1, 0.15) is 19.3 Å². The molecule has 1 aliphatic carbocycles. The number of nitro benzene ring substituents is 1. The SMILES string of the molecule is NNc1ccc([N+](=O)[O-])c(S(=O)(=O)N2CC3CCC2C3)c1. The lowest BCUT2D eigenvalue weighted by Crippen LogP contribution is -2.37. The lowest BCUT2D eigenvalue weighted by atomic mass is 10.1. The van der Waals surface area contributed by atoms with Crippen LogP contribution in [0.4, 0.5) is 11.4 Å². The molecular weight excluding hydrogens is 296 g/mol. The minimum atomic E-state index is -3.88. The van der Waals surface area contributed by atoms with Gasteiger partial charge in [-0.15, -0.1) is 0 Å². The molecule has 1 aromatic carbocycles. The molecule has 3 N–H and O–H groups in total. The molecule has 1 saturated heterocycles. The molecule has 2 bridgehead atoms. The zero-order valence-electron chi connectivity index (χ0n) is 11.2. The van der Waals surface area contributed by atoms with Crippen LogP contribution in [0.2, 0.25) is 0 Å². The van der Waals surface area contributed by atoms with Crippen molar-refractivity contribution in [2.75, 3.05) is 12.0 Å². The van der Waals surface area contributed by atoms with Gasteiger partial charge in [-0.05, 0) is 37.3 Å². The molecule has 0 aromatic heterocycles. The average Bonchev–Trinajstić information content (AvgIpc) is 3.09. The molecule has 1 saturated carbocycles. The summed E-state index contributed by atoms with van der Waals surface area (Å²) in [6.45, 7) is 0.449. The van der Waals surface area contributed by atoms with E-state index in [4.69, 9.17) is 5.84 Å². The highest BCUT2D eigenvalue weighted by Gasteiger charge is 2.46. The maximum atomic E-state index is 12.8. The Labute approximate surface area is 122 Å². The van der Waals surface area contributed by atoms with Crippen molar-refractivity contribution >= 4 is 21.4 Å². The lowest BCUT2D eigenvalue weighted by Gasteiger charge is -2.26. The predicted molar refractivity (Wildman–Crippen MR) is 75.9 cm³/mol. The van der Waals surface area contributed by atoms with Crippen molar-refractivity contribution in [1.29, 1.82) is 0 Å². The first kappa shape index (κ1) is 14.2. The first-order valence-corrected chi connectivity index (χ1v) is 8.14. The molecule has 2 atom stereocenters. The first-order chi connectivity index (χ1) is 9.93. The van der Waals surface area contributed by atoms with E-state index in [-0.39, 0.29) is 10.9 Å². The van der Waals surface area contributed by atoms with Gasteiger partial charge in [0.2, 0.25) is 10.0 Å².